The molecule has 0 radical (unpaired) electrons. The Hall–Kier alpha value is -2.62. The maximum atomic E-state index is 13.0. The fourth-order valence-electron chi connectivity index (χ4n) is 3.94. The van der Waals surface area contributed by atoms with Crippen molar-refractivity contribution in [2.45, 2.75) is 38.1 Å². The average molecular weight is 334 g/mol. The van der Waals surface area contributed by atoms with Crippen LogP contribution in [0.5, 0.6) is 0 Å². The van der Waals surface area contributed by atoms with Gasteiger partial charge in [-0.1, -0.05) is 36.4 Å². The third-order valence-electron chi connectivity index (χ3n) is 5.19. The minimum Gasteiger partial charge on any atom is -0.345 e. The molecule has 1 N–H and O–H groups in total. The van der Waals surface area contributed by atoms with E-state index in [1.165, 1.54) is 11.1 Å². The quantitative estimate of drug-likeness (QED) is 0.932. The largest absolute Gasteiger partial charge is 0.345 e. The van der Waals surface area contributed by atoms with Crippen LogP contribution in [0.25, 0.3) is 0 Å². The Morgan fingerprint density at radius 3 is 2.64 bits per heavy atom. The second-order valence-corrected chi connectivity index (χ2v) is 6.78. The number of aryl methyl sites for hydroxylation is 1. The van der Waals surface area contributed by atoms with E-state index in [1.807, 2.05) is 30.3 Å². The number of nitrogens with one attached hydrogen (secondary N) is 1. The molecule has 0 unspecified atom stereocenters. The van der Waals surface area contributed by atoms with Crippen molar-refractivity contribution >= 4 is 17.5 Å². The van der Waals surface area contributed by atoms with Crippen molar-refractivity contribution in [2.75, 3.05) is 11.4 Å². The summed E-state index contributed by atoms with van der Waals surface area (Å²) in [5, 5.41) is 3.19. The Bertz CT molecular complexity index is 815. The molecule has 0 saturated carbocycles. The molecule has 4 rings (SSSR count). The summed E-state index contributed by atoms with van der Waals surface area (Å²) >= 11 is 0. The molecule has 1 aliphatic heterocycles. The summed E-state index contributed by atoms with van der Waals surface area (Å²) in [5.74, 6) is 0.000245. The summed E-state index contributed by atoms with van der Waals surface area (Å²) in [6, 6.07) is 15.8. The number of para-hydroxylation sites is 1. The van der Waals surface area contributed by atoms with Crippen LogP contribution >= 0.6 is 0 Å². The maximum Gasteiger partial charge on any atom is 0.253 e. The van der Waals surface area contributed by atoms with Crippen molar-refractivity contribution in [3.63, 3.8) is 0 Å². The number of carbonyl (C=O) groups is 2. The molecule has 4 nitrogen and oxygen atoms in total. The van der Waals surface area contributed by atoms with E-state index in [1.54, 1.807) is 4.90 Å². The lowest BCUT2D eigenvalue weighted by molar-refractivity contribution is -0.117. The minimum absolute atomic E-state index is 0.0415. The number of hydrogen-bond acceptors (Lipinski definition) is 2. The SMILES string of the molecule is O=C(N[C@@H]1CCCc2ccccc21)c1ccccc1N1CCCC1=O. The number of nitrogens with zero attached hydrogens (tertiary/aromatic N) is 1. The molecule has 1 aliphatic carbocycles. The van der Waals surface area contributed by atoms with E-state index >= 15 is 0 Å². The number of rotatable bonds is 3. The number of fused-ring (bicyclic) bond motifs is 1. The van der Waals surface area contributed by atoms with Gasteiger partial charge in [0, 0.05) is 13.0 Å². The second-order valence-electron chi connectivity index (χ2n) is 6.78. The molecular weight excluding hydrogens is 312 g/mol. The monoisotopic (exact) mass is 334 g/mol. The predicted molar refractivity (Wildman–Crippen MR) is 97.6 cm³/mol. The van der Waals surface area contributed by atoms with Crippen LogP contribution in [0.2, 0.25) is 0 Å². The lowest BCUT2D eigenvalue weighted by Gasteiger charge is -2.27. The van der Waals surface area contributed by atoms with Crippen molar-refractivity contribution in [3.05, 3.63) is 65.2 Å². The van der Waals surface area contributed by atoms with Gasteiger partial charge >= 0.3 is 0 Å². The first-order valence-corrected chi connectivity index (χ1v) is 9.02. The lowest BCUT2D eigenvalue weighted by Crippen LogP contribution is -2.33. The molecule has 1 saturated heterocycles. The van der Waals surface area contributed by atoms with Crippen LogP contribution in [0.4, 0.5) is 5.69 Å². The van der Waals surface area contributed by atoms with Gasteiger partial charge in [-0.15, -0.1) is 0 Å². The zero-order chi connectivity index (χ0) is 17.2. The average Bonchev–Trinajstić information content (AvgIpc) is 3.08. The van der Waals surface area contributed by atoms with Crippen LogP contribution in [0, 0.1) is 0 Å². The van der Waals surface area contributed by atoms with Gasteiger partial charge in [-0.05, 0) is 48.9 Å². The minimum atomic E-state index is -0.1000. The Morgan fingerprint density at radius 1 is 1.00 bits per heavy atom. The normalized spacial score (nSPS) is 19.6. The fourth-order valence-corrected chi connectivity index (χ4v) is 3.94. The molecule has 2 aliphatic rings. The zero-order valence-corrected chi connectivity index (χ0v) is 14.2. The molecule has 2 amide bonds. The van der Waals surface area contributed by atoms with Crippen molar-refractivity contribution in [1.29, 1.82) is 0 Å². The smallest absolute Gasteiger partial charge is 0.253 e. The standard InChI is InChI=1S/C21H22N2O2/c24-20-13-6-14-23(20)19-12-4-3-10-17(19)21(25)22-18-11-5-8-15-7-1-2-9-16(15)18/h1-4,7,9-10,12,18H,5-6,8,11,13-14H2,(H,22,25)/t18-/m1/s1. The summed E-state index contributed by atoms with van der Waals surface area (Å²) in [4.78, 5) is 26.8. The highest BCUT2D eigenvalue weighted by Gasteiger charge is 2.27. The van der Waals surface area contributed by atoms with Crippen molar-refractivity contribution < 1.29 is 9.59 Å². The number of hydrogen-bond donors (Lipinski definition) is 1. The first-order valence-electron chi connectivity index (χ1n) is 9.02. The van der Waals surface area contributed by atoms with Gasteiger partial charge in [0.1, 0.15) is 0 Å². The van der Waals surface area contributed by atoms with Gasteiger partial charge in [0.25, 0.3) is 5.91 Å². The number of carbonyl (C=O) groups excluding carboxylic acids is 2. The van der Waals surface area contributed by atoms with Gasteiger partial charge in [-0.3, -0.25) is 9.59 Å². The molecule has 1 heterocycles. The molecule has 0 bridgehead atoms. The summed E-state index contributed by atoms with van der Waals surface area (Å²) in [6.45, 7) is 0.690. The summed E-state index contributed by atoms with van der Waals surface area (Å²) < 4.78 is 0. The first kappa shape index (κ1) is 15.9. The molecular formula is C21H22N2O2. The van der Waals surface area contributed by atoms with Crippen LogP contribution in [-0.4, -0.2) is 18.4 Å². The van der Waals surface area contributed by atoms with E-state index in [2.05, 4.69) is 23.5 Å². The van der Waals surface area contributed by atoms with E-state index in [-0.39, 0.29) is 17.9 Å². The van der Waals surface area contributed by atoms with E-state index in [0.29, 0.717) is 18.5 Å². The molecule has 1 fully saturated rings. The highest BCUT2D eigenvalue weighted by Crippen LogP contribution is 2.31. The van der Waals surface area contributed by atoms with Crippen LogP contribution in [0.1, 0.15) is 53.2 Å². The molecule has 2 aromatic rings. The maximum absolute atomic E-state index is 13.0. The predicted octanol–water partition coefficient (Wildman–Crippen LogP) is 3.62. The Morgan fingerprint density at radius 2 is 1.80 bits per heavy atom. The summed E-state index contributed by atoms with van der Waals surface area (Å²) in [7, 11) is 0. The second kappa shape index (κ2) is 6.71. The van der Waals surface area contributed by atoms with Gasteiger partial charge in [0.2, 0.25) is 5.91 Å². The Balaban J connectivity index is 1.60. The topological polar surface area (TPSA) is 49.4 Å². The van der Waals surface area contributed by atoms with E-state index in [4.69, 9.17) is 0 Å². The van der Waals surface area contributed by atoms with Gasteiger partial charge in [-0.25, -0.2) is 0 Å². The Labute approximate surface area is 147 Å². The van der Waals surface area contributed by atoms with Crippen molar-refractivity contribution in [2.24, 2.45) is 0 Å². The molecule has 128 valence electrons. The van der Waals surface area contributed by atoms with Crippen LogP contribution < -0.4 is 10.2 Å². The molecule has 4 heteroatoms. The van der Waals surface area contributed by atoms with Gasteiger partial charge in [0.05, 0.1) is 17.3 Å². The third-order valence-corrected chi connectivity index (χ3v) is 5.19. The van der Waals surface area contributed by atoms with Crippen molar-refractivity contribution in [3.8, 4) is 0 Å². The van der Waals surface area contributed by atoms with E-state index < -0.39 is 0 Å². The highest BCUT2D eigenvalue weighted by molar-refractivity contribution is 6.05. The number of amides is 2. The van der Waals surface area contributed by atoms with E-state index in [0.717, 1.165) is 31.4 Å². The van der Waals surface area contributed by atoms with Gasteiger partial charge < -0.3 is 10.2 Å². The molecule has 25 heavy (non-hydrogen) atoms. The first-order chi connectivity index (χ1) is 12.2. The summed E-state index contributed by atoms with van der Waals surface area (Å²) in [6.07, 6.45) is 4.51. The van der Waals surface area contributed by atoms with Gasteiger partial charge in [-0.2, -0.15) is 0 Å². The zero-order valence-electron chi connectivity index (χ0n) is 14.2. The molecule has 2 aromatic carbocycles. The lowest BCUT2D eigenvalue weighted by atomic mass is 9.87. The molecule has 1 atom stereocenters. The fraction of sp³-hybridized carbons (Fsp3) is 0.333. The van der Waals surface area contributed by atoms with Gasteiger partial charge in [0.15, 0.2) is 0 Å². The number of benzene rings is 2. The number of anilines is 1. The van der Waals surface area contributed by atoms with E-state index in [9.17, 15) is 9.59 Å². The van der Waals surface area contributed by atoms with Crippen LogP contribution in [0.15, 0.2) is 48.5 Å². The third kappa shape index (κ3) is 3.04. The Kier molecular flexibility index (Phi) is 4.26. The molecule has 0 spiro atoms. The van der Waals surface area contributed by atoms with Crippen LogP contribution in [-0.2, 0) is 11.2 Å². The summed E-state index contributed by atoms with van der Waals surface area (Å²) in [5.41, 5.74) is 3.85. The highest BCUT2D eigenvalue weighted by atomic mass is 16.2. The van der Waals surface area contributed by atoms with Crippen LogP contribution in [0.3, 0.4) is 0 Å². The molecule has 0 aromatic heterocycles. The van der Waals surface area contributed by atoms with Crippen molar-refractivity contribution in [1.82, 2.24) is 5.32 Å².